The van der Waals surface area contributed by atoms with Gasteiger partial charge >= 0.3 is 0 Å². The third-order valence-electron chi connectivity index (χ3n) is 6.97. The molecule has 1 fully saturated rings. The lowest BCUT2D eigenvalue weighted by Gasteiger charge is -2.41. The van der Waals surface area contributed by atoms with Gasteiger partial charge in [-0.05, 0) is 24.3 Å². The fraction of sp³-hybridized carbons (Fsp3) is 0.222. The number of halogens is 1. The van der Waals surface area contributed by atoms with Crippen LogP contribution < -0.4 is 21.1 Å². The molecular formula is C27H25ClN6O2S. The molecule has 2 aliphatic heterocycles. The quantitative estimate of drug-likeness (QED) is 0.339. The summed E-state index contributed by atoms with van der Waals surface area (Å²) in [4.78, 5) is 16.7. The number of anilines is 2. The molecule has 4 N–H and O–H groups in total. The number of para-hydroxylation sites is 1. The molecule has 0 amide bonds. The van der Waals surface area contributed by atoms with Gasteiger partial charge in [0, 0.05) is 36.4 Å². The van der Waals surface area contributed by atoms with Crippen molar-refractivity contribution in [3.63, 3.8) is 0 Å². The highest BCUT2D eigenvalue weighted by Gasteiger charge is 2.48. The van der Waals surface area contributed by atoms with Crippen LogP contribution in [0.2, 0.25) is 5.02 Å². The van der Waals surface area contributed by atoms with E-state index in [4.69, 9.17) is 42.2 Å². The smallest absolute Gasteiger partial charge is 0.227 e. The summed E-state index contributed by atoms with van der Waals surface area (Å²) in [6.45, 7) is 5.40. The Morgan fingerprint density at radius 2 is 1.95 bits per heavy atom. The number of nitrogens with two attached hydrogens (primary N) is 2. The lowest BCUT2D eigenvalue weighted by molar-refractivity contribution is 0.0431. The zero-order valence-corrected chi connectivity index (χ0v) is 21.5. The summed E-state index contributed by atoms with van der Waals surface area (Å²) in [6.07, 6.45) is 6.33. The molecule has 1 saturated heterocycles. The second-order valence-electron chi connectivity index (χ2n) is 9.05. The average Bonchev–Trinajstić information content (AvgIpc) is 3.54. The van der Waals surface area contributed by atoms with Crippen LogP contribution in [0, 0.1) is 0 Å². The first-order valence-corrected chi connectivity index (χ1v) is 13.1. The van der Waals surface area contributed by atoms with E-state index in [-0.39, 0.29) is 6.04 Å². The Bertz CT molecular complexity index is 1470. The average molecular weight is 533 g/mol. The van der Waals surface area contributed by atoms with E-state index in [0.29, 0.717) is 51.9 Å². The summed E-state index contributed by atoms with van der Waals surface area (Å²) < 4.78 is 11.8. The number of piperidine rings is 1. The maximum absolute atomic E-state index is 6.67. The molecule has 2 aromatic carbocycles. The lowest BCUT2D eigenvalue weighted by Crippen LogP contribution is -2.51. The normalized spacial score (nSPS) is 18.0. The molecule has 4 aromatic rings. The highest BCUT2D eigenvalue weighted by atomic mass is 35.5. The number of rotatable bonds is 5. The molecule has 10 heteroatoms. The predicted octanol–water partition coefficient (Wildman–Crippen LogP) is 5.59. The van der Waals surface area contributed by atoms with Crippen LogP contribution in [0.4, 0.5) is 11.6 Å². The van der Waals surface area contributed by atoms with Crippen LogP contribution in [0.1, 0.15) is 30.1 Å². The van der Waals surface area contributed by atoms with E-state index in [1.54, 1.807) is 12.3 Å². The van der Waals surface area contributed by atoms with Gasteiger partial charge in [0.25, 0.3) is 0 Å². The van der Waals surface area contributed by atoms with Crippen molar-refractivity contribution in [3.8, 4) is 17.2 Å². The number of aromatic nitrogens is 3. The van der Waals surface area contributed by atoms with E-state index < -0.39 is 5.60 Å². The monoisotopic (exact) mass is 532 g/mol. The van der Waals surface area contributed by atoms with Gasteiger partial charge in [-0.15, -0.1) is 0 Å². The first kappa shape index (κ1) is 23.8. The first-order chi connectivity index (χ1) is 18.0. The van der Waals surface area contributed by atoms with Crippen molar-refractivity contribution < 1.29 is 9.15 Å². The van der Waals surface area contributed by atoms with E-state index in [0.717, 1.165) is 29.1 Å². The SMILES string of the molecule is C=Cc1nc(Sc2cccc(-c3ncco3)c2Cl)c(N)nc1N1CCC2(CC1)Oc1ccccc1[C@H]2N. The molecule has 37 heavy (non-hydrogen) atoms. The van der Waals surface area contributed by atoms with E-state index in [2.05, 4.69) is 16.5 Å². The fourth-order valence-electron chi connectivity index (χ4n) is 5.00. The molecule has 0 radical (unpaired) electrons. The van der Waals surface area contributed by atoms with E-state index in [9.17, 15) is 0 Å². The van der Waals surface area contributed by atoms with Crippen molar-refractivity contribution in [1.82, 2.24) is 15.0 Å². The van der Waals surface area contributed by atoms with Crippen molar-refractivity contribution in [2.75, 3.05) is 23.7 Å². The largest absolute Gasteiger partial charge is 0.485 e. The molecule has 6 rings (SSSR count). The van der Waals surface area contributed by atoms with Crippen LogP contribution in [-0.2, 0) is 0 Å². The Kier molecular flexibility index (Phi) is 6.06. The van der Waals surface area contributed by atoms with Gasteiger partial charge in [-0.2, -0.15) is 0 Å². The molecule has 0 saturated carbocycles. The van der Waals surface area contributed by atoms with E-state index in [1.807, 2.05) is 42.5 Å². The highest BCUT2D eigenvalue weighted by Crippen LogP contribution is 2.47. The van der Waals surface area contributed by atoms with Crippen molar-refractivity contribution in [3.05, 3.63) is 77.8 Å². The Hall–Kier alpha value is -3.53. The van der Waals surface area contributed by atoms with Crippen LogP contribution in [0.25, 0.3) is 17.5 Å². The zero-order valence-electron chi connectivity index (χ0n) is 19.9. The lowest BCUT2D eigenvalue weighted by atomic mass is 9.83. The molecule has 1 atom stereocenters. The second kappa shape index (κ2) is 9.41. The predicted molar refractivity (Wildman–Crippen MR) is 146 cm³/mol. The van der Waals surface area contributed by atoms with Crippen molar-refractivity contribution in [2.24, 2.45) is 5.73 Å². The van der Waals surface area contributed by atoms with Gasteiger partial charge < -0.3 is 25.5 Å². The molecule has 8 nitrogen and oxygen atoms in total. The Balaban J connectivity index is 1.23. The molecule has 0 unspecified atom stereocenters. The van der Waals surface area contributed by atoms with Gasteiger partial charge in [0.05, 0.1) is 22.8 Å². The number of oxazole rings is 1. The number of hydrogen-bond acceptors (Lipinski definition) is 9. The van der Waals surface area contributed by atoms with Gasteiger partial charge in [-0.3, -0.25) is 0 Å². The standard InChI is InChI=1S/C27H25ClN6O2S/c1-2-18-24(34-13-10-27(11-14-34)22(29)16-6-3-4-8-19(16)36-27)33-23(30)26(32-18)37-20-9-5-7-17(21(20)28)25-31-12-15-35-25/h2-9,12,15,22H,1,10-11,13-14,29H2,(H2,30,33)/t22-/m1/s1. The molecule has 2 aromatic heterocycles. The number of nitrogens with zero attached hydrogens (tertiary/aromatic N) is 4. The van der Waals surface area contributed by atoms with Crippen LogP contribution in [-0.4, -0.2) is 33.6 Å². The summed E-state index contributed by atoms with van der Waals surface area (Å²) in [5.41, 5.74) is 15.1. The molecule has 1 spiro atoms. The minimum absolute atomic E-state index is 0.156. The summed E-state index contributed by atoms with van der Waals surface area (Å²) in [6, 6.07) is 13.5. The van der Waals surface area contributed by atoms with E-state index in [1.165, 1.54) is 18.0 Å². The number of fused-ring (bicyclic) bond motifs is 1. The molecule has 4 heterocycles. The Morgan fingerprint density at radius 1 is 1.14 bits per heavy atom. The minimum Gasteiger partial charge on any atom is -0.485 e. The number of ether oxygens (including phenoxy) is 1. The molecular weight excluding hydrogens is 508 g/mol. The molecule has 188 valence electrons. The number of hydrogen-bond donors (Lipinski definition) is 2. The third kappa shape index (κ3) is 4.13. The summed E-state index contributed by atoms with van der Waals surface area (Å²) in [5, 5.41) is 1.06. The van der Waals surface area contributed by atoms with Gasteiger partial charge in [0.1, 0.15) is 28.3 Å². The number of nitrogen functional groups attached to an aromatic ring is 1. The van der Waals surface area contributed by atoms with Gasteiger partial charge in [0.2, 0.25) is 5.89 Å². The Morgan fingerprint density at radius 3 is 2.68 bits per heavy atom. The summed E-state index contributed by atoms with van der Waals surface area (Å²) in [7, 11) is 0. The highest BCUT2D eigenvalue weighted by molar-refractivity contribution is 7.99. The Labute approximate surface area is 223 Å². The van der Waals surface area contributed by atoms with Crippen LogP contribution in [0.5, 0.6) is 5.75 Å². The van der Waals surface area contributed by atoms with Crippen molar-refractivity contribution in [2.45, 2.75) is 34.4 Å². The van der Waals surface area contributed by atoms with Gasteiger partial charge in [-0.1, -0.05) is 54.2 Å². The third-order valence-corrected chi connectivity index (χ3v) is 8.54. The van der Waals surface area contributed by atoms with Crippen LogP contribution in [0.3, 0.4) is 0 Å². The van der Waals surface area contributed by atoms with Crippen molar-refractivity contribution in [1.29, 1.82) is 0 Å². The van der Waals surface area contributed by atoms with Crippen molar-refractivity contribution >= 4 is 41.1 Å². The van der Waals surface area contributed by atoms with Crippen LogP contribution >= 0.6 is 23.4 Å². The second-order valence-corrected chi connectivity index (χ2v) is 10.5. The van der Waals surface area contributed by atoms with Gasteiger partial charge in [0.15, 0.2) is 11.6 Å². The maximum atomic E-state index is 6.67. The first-order valence-electron chi connectivity index (χ1n) is 11.9. The van der Waals surface area contributed by atoms with Crippen LogP contribution in [0.15, 0.2) is 75.8 Å². The summed E-state index contributed by atoms with van der Waals surface area (Å²) >= 11 is 8.02. The topological polar surface area (TPSA) is 116 Å². The minimum atomic E-state index is -0.409. The van der Waals surface area contributed by atoms with E-state index >= 15 is 0 Å². The zero-order chi connectivity index (χ0) is 25.6. The molecule has 2 aliphatic rings. The maximum Gasteiger partial charge on any atom is 0.227 e. The summed E-state index contributed by atoms with van der Waals surface area (Å²) in [5.74, 6) is 2.36. The van der Waals surface area contributed by atoms with Gasteiger partial charge in [-0.25, -0.2) is 15.0 Å². The molecule has 0 bridgehead atoms. The fourth-order valence-corrected chi connectivity index (χ4v) is 6.17. The molecule has 0 aliphatic carbocycles. The number of benzene rings is 2.